The first-order valence-electron chi connectivity index (χ1n) is 7.10. The van der Waals surface area contributed by atoms with E-state index in [-0.39, 0.29) is 12.5 Å². The molecular formula is C17H15ClN2O3. The fourth-order valence-corrected chi connectivity index (χ4v) is 2.69. The van der Waals surface area contributed by atoms with E-state index in [0.29, 0.717) is 16.1 Å². The molecule has 1 N–H and O–H groups in total. The summed E-state index contributed by atoms with van der Waals surface area (Å²) in [5.74, 6) is -0.874. The van der Waals surface area contributed by atoms with Gasteiger partial charge < -0.3 is 9.73 Å². The van der Waals surface area contributed by atoms with Crippen molar-refractivity contribution in [1.29, 1.82) is 0 Å². The first-order chi connectivity index (χ1) is 11.0. The maximum atomic E-state index is 12.3. The number of amides is 1. The average Bonchev–Trinajstić information content (AvgIpc) is 2.78. The summed E-state index contributed by atoms with van der Waals surface area (Å²) in [6, 6.07) is 10.6. The second-order valence-electron chi connectivity index (χ2n) is 5.38. The van der Waals surface area contributed by atoms with E-state index in [9.17, 15) is 9.59 Å². The van der Waals surface area contributed by atoms with Crippen molar-refractivity contribution in [3.8, 4) is 0 Å². The van der Waals surface area contributed by atoms with Crippen LogP contribution in [-0.4, -0.2) is 10.5 Å². The Bertz CT molecular complexity index is 936. The monoisotopic (exact) mass is 330 g/mol. The van der Waals surface area contributed by atoms with Crippen LogP contribution in [0.5, 0.6) is 0 Å². The Morgan fingerprint density at radius 2 is 1.91 bits per heavy atom. The van der Waals surface area contributed by atoms with Gasteiger partial charge in [0.1, 0.15) is 6.54 Å². The number of carbonyl (C=O) groups excluding carboxylic acids is 1. The molecule has 6 heteroatoms. The number of aryl methyl sites for hydroxylation is 2. The highest BCUT2D eigenvalue weighted by Gasteiger charge is 2.14. The molecule has 0 aliphatic rings. The Morgan fingerprint density at radius 1 is 1.22 bits per heavy atom. The Labute approximate surface area is 137 Å². The van der Waals surface area contributed by atoms with Crippen LogP contribution in [0.25, 0.3) is 11.1 Å². The van der Waals surface area contributed by atoms with Gasteiger partial charge in [0, 0.05) is 16.8 Å². The molecule has 3 aromatic rings. The summed E-state index contributed by atoms with van der Waals surface area (Å²) < 4.78 is 6.41. The third kappa shape index (κ3) is 3.00. The lowest BCUT2D eigenvalue weighted by molar-refractivity contribution is -0.116. The molecule has 3 rings (SSSR count). The molecule has 2 aromatic carbocycles. The molecule has 23 heavy (non-hydrogen) atoms. The lowest BCUT2D eigenvalue weighted by atomic mass is 10.1. The molecule has 5 nitrogen and oxygen atoms in total. The molecule has 0 unspecified atom stereocenters. The number of rotatable bonds is 3. The van der Waals surface area contributed by atoms with Crippen LogP contribution >= 0.6 is 11.6 Å². The Balaban J connectivity index is 1.89. The largest absolute Gasteiger partial charge is 0.420 e. The van der Waals surface area contributed by atoms with Crippen molar-refractivity contribution in [2.45, 2.75) is 20.4 Å². The van der Waals surface area contributed by atoms with Gasteiger partial charge in [0.25, 0.3) is 0 Å². The number of nitrogens with zero attached hydrogens (tertiary/aromatic N) is 1. The lowest BCUT2D eigenvalue weighted by Gasteiger charge is -2.11. The van der Waals surface area contributed by atoms with Gasteiger partial charge in [0.2, 0.25) is 5.91 Å². The van der Waals surface area contributed by atoms with Crippen molar-refractivity contribution < 1.29 is 9.21 Å². The summed E-state index contributed by atoms with van der Waals surface area (Å²) >= 11 is 5.88. The number of benzene rings is 2. The number of carbonyl (C=O) groups is 1. The van der Waals surface area contributed by atoms with Gasteiger partial charge in [0.05, 0.1) is 5.52 Å². The second kappa shape index (κ2) is 5.93. The van der Waals surface area contributed by atoms with Crippen molar-refractivity contribution in [1.82, 2.24) is 4.57 Å². The highest BCUT2D eigenvalue weighted by Crippen LogP contribution is 2.20. The molecule has 0 saturated heterocycles. The lowest BCUT2D eigenvalue weighted by Crippen LogP contribution is -2.25. The van der Waals surface area contributed by atoms with Gasteiger partial charge in [-0.15, -0.1) is 0 Å². The van der Waals surface area contributed by atoms with Gasteiger partial charge in [-0.3, -0.25) is 9.36 Å². The summed E-state index contributed by atoms with van der Waals surface area (Å²) in [6.07, 6.45) is 0. The highest BCUT2D eigenvalue weighted by atomic mass is 35.5. The van der Waals surface area contributed by atoms with E-state index >= 15 is 0 Å². The van der Waals surface area contributed by atoms with Gasteiger partial charge >= 0.3 is 5.76 Å². The van der Waals surface area contributed by atoms with Gasteiger partial charge in [-0.25, -0.2) is 4.79 Å². The number of anilines is 1. The fraction of sp³-hybridized carbons (Fsp3) is 0.176. The van der Waals surface area contributed by atoms with Crippen LogP contribution in [0.2, 0.25) is 5.02 Å². The van der Waals surface area contributed by atoms with Gasteiger partial charge in [-0.2, -0.15) is 0 Å². The summed E-state index contributed by atoms with van der Waals surface area (Å²) in [5, 5.41) is 3.32. The van der Waals surface area contributed by atoms with Crippen LogP contribution in [0.4, 0.5) is 5.69 Å². The molecule has 0 aliphatic heterocycles. The van der Waals surface area contributed by atoms with Crippen molar-refractivity contribution in [2.75, 3.05) is 5.32 Å². The van der Waals surface area contributed by atoms with Gasteiger partial charge in [-0.05, 0) is 37.1 Å². The van der Waals surface area contributed by atoms with E-state index in [1.165, 1.54) is 4.57 Å². The molecule has 0 bridgehead atoms. The summed E-state index contributed by atoms with van der Waals surface area (Å²) in [5.41, 5.74) is 3.60. The highest BCUT2D eigenvalue weighted by molar-refractivity contribution is 6.31. The zero-order valence-electron chi connectivity index (χ0n) is 12.7. The minimum absolute atomic E-state index is 0.124. The summed E-state index contributed by atoms with van der Waals surface area (Å²) in [4.78, 5) is 24.3. The summed E-state index contributed by atoms with van der Waals surface area (Å²) in [6.45, 7) is 3.72. The number of hydrogen-bond acceptors (Lipinski definition) is 3. The number of fused-ring (bicyclic) bond motifs is 1. The quantitative estimate of drug-likeness (QED) is 0.799. The van der Waals surface area contributed by atoms with E-state index in [2.05, 4.69) is 5.32 Å². The summed E-state index contributed by atoms with van der Waals surface area (Å²) in [7, 11) is 0. The van der Waals surface area contributed by atoms with Crippen LogP contribution in [0, 0.1) is 13.8 Å². The molecule has 0 atom stereocenters. The minimum Gasteiger partial charge on any atom is -0.408 e. The topological polar surface area (TPSA) is 64.2 Å². The number of oxazole rings is 1. The van der Waals surface area contributed by atoms with Crippen molar-refractivity contribution in [3.05, 3.63) is 63.1 Å². The van der Waals surface area contributed by atoms with E-state index in [1.54, 1.807) is 18.2 Å². The molecule has 1 amide bonds. The third-order valence-corrected chi connectivity index (χ3v) is 3.91. The van der Waals surface area contributed by atoms with Crippen molar-refractivity contribution in [2.24, 2.45) is 0 Å². The fourth-order valence-electron chi connectivity index (χ4n) is 2.52. The molecule has 0 spiro atoms. The molecule has 0 radical (unpaired) electrons. The third-order valence-electron chi connectivity index (χ3n) is 3.68. The van der Waals surface area contributed by atoms with Gasteiger partial charge in [-0.1, -0.05) is 29.8 Å². The smallest absolute Gasteiger partial charge is 0.408 e. The average molecular weight is 331 g/mol. The van der Waals surface area contributed by atoms with E-state index in [1.807, 2.05) is 32.0 Å². The number of hydrogen-bond donors (Lipinski definition) is 1. The zero-order valence-corrected chi connectivity index (χ0v) is 13.5. The Kier molecular flexibility index (Phi) is 3.96. The minimum atomic E-state index is -0.584. The number of halogens is 1. The molecule has 0 saturated carbocycles. The van der Waals surface area contributed by atoms with E-state index in [0.717, 1.165) is 16.8 Å². The Morgan fingerprint density at radius 3 is 2.61 bits per heavy atom. The standard InChI is InChI=1S/C17H15ClN2O3/c1-10-4-3-5-11(2)16(10)19-15(21)9-20-13-7-6-12(18)8-14(13)23-17(20)22/h3-8H,9H2,1-2H3,(H,19,21). The van der Waals surface area contributed by atoms with Gasteiger partial charge in [0.15, 0.2) is 5.58 Å². The number of para-hydroxylation sites is 1. The van der Waals surface area contributed by atoms with Crippen LogP contribution < -0.4 is 11.1 Å². The zero-order chi connectivity index (χ0) is 16.6. The molecule has 1 heterocycles. The van der Waals surface area contributed by atoms with Crippen LogP contribution in [-0.2, 0) is 11.3 Å². The first-order valence-corrected chi connectivity index (χ1v) is 7.48. The molecule has 118 valence electrons. The number of aromatic nitrogens is 1. The Hall–Kier alpha value is -2.53. The van der Waals surface area contributed by atoms with E-state index in [4.69, 9.17) is 16.0 Å². The predicted molar refractivity (Wildman–Crippen MR) is 90.0 cm³/mol. The second-order valence-corrected chi connectivity index (χ2v) is 5.82. The molecular weight excluding hydrogens is 316 g/mol. The maximum Gasteiger partial charge on any atom is 0.420 e. The SMILES string of the molecule is Cc1cccc(C)c1NC(=O)Cn1c(=O)oc2cc(Cl)ccc21. The van der Waals surface area contributed by atoms with Crippen molar-refractivity contribution in [3.63, 3.8) is 0 Å². The molecule has 0 aliphatic carbocycles. The normalized spacial score (nSPS) is 10.9. The van der Waals surface area contributed by atoms with Crippen LogP contribution in [0.3, 0.4) is 0 Å². The molecule has 0 fully saturated rings. The first kappa shape index (κ1) is 15.4. The predicted octanol–water partition coefficient (Wildman–Crippen LogP) is 3.50. The maximum absolute atomic E-state index is 12.3. The number of nitrogens with one attached hydrogen (secondary N) is 1. The van der Waals surface area contributed by atoms with Crippen LogP contribution in [0.1, 0.15) is 11.1 Å². The molecule has 1 aromatic heterocycles. The van der Waals surface area contributed by atoms with Crippen molar-refractivity contribution >= 4 is 34.3 Å². The van der Waals surface area contributed by atoms with E-state index < -0.39 is 5.76 Å². The van der Waals surface area contributed by atoms with Crippen LogP contribution in [0.15, 0.2) is 45.6 Å².